The van der Waals surface area contributed by atoms with Crippen molar-refractivity contribution in [1.82, 2.24) is 10.6 Å². The van der Waals surface area contributed by atoms with Crippen LogP contribution in [0.4, 0.5) is 0 Å². The number of hydrogen-bond donors (Lipinski definition) is 2. The zero-order valence-corrected chi connectivity index (χ0v) is 10.4. The van der Waals surface area contributed by atoms with Gasteiger partial charge >= 0.3 is 0 Å². The SMILES string of the molecule is CC(NC(=S)NC1CCCC1)C1CCC1. The summed E-state index contributed by atoms with van der Waals surface area (Å²) in [5, 5.41) is 7.74. The average molecular weight is 226 g/mol. The van der Waals surface area contributed by atoms with E-state index < -0.39 is 0 Å². The molecule has 0 aromatic heterocycles. The van der Waals surface area contributed by atoms with Gasteiger partial charge in [-0.2, -0.15) is 0 Å². The molecule has 3 heteroatoms. The molecular weight excluding hydrogens is 204 g/mol. The highest BCUT2D eigenvalue weighted by molar-refractivity contribution is 7.80. The standard InChI is InChI=1S/C12H22N2S/c1-9(10-5-4-6-10)13-12(15)14-11-7-2-3-8-11/h9-11H,2-8H2,1H3,(H2,13,14,15). The lowest BCUT2D eigenvalue weighted by molar-refractivity contribution is 0.258. The van der Waals surface area contributed by atoms with Crippen LogP contribution in [0.3, 0.4) is 0 Å². The lowest BCUT2D eigenvalue weighted by Crippen LogP contribution is -2.47. The van der Waals surface area contributed by atoms with Crippen molar-refractivity contribution in [1.29, 1.82) is 0 Å². The second-order valence-corrected chi connectivity index (χ2v) is 5.49. The Labute approximate surface area is 98.2 Å². The first-order valence-corrected chi connectivity index (χ1v) is 6.73. The molecule has 0 radical (unpaired) electrons. The van der Waals surface area contributed by atoms with E-state index in [1.165, 1.54) is 44.9 Å². The van der Waals surface area contributed by atoms with Crippen molar-refractivity contribution in [2.24, 2.45) is 5.92 Å². The fourth-order valence-electron chi connectivity index (χ4n) is 2.56. The highest BCUT2D eigenvalue weighted by Gasteiger charge is 2.24. The number of rotatable bonds is 3. The smallest absolute Gasteiger partial charge is 0.166 e. The summed E-state index contributed by atoms with van der Waals surface area (Å²) >= 11 is 5.34. The fraction of sp³-hybridized carbons (Fsp3) is 0.917. The van der Waals surface area contributed by atoms with Crippen LogP contribution in [0.2, 0.25) is 0 Å². The second-order valence-electron chi connectivity index (χ2n) is 5.08. The van der Waals surface area contributed by atoms with Gasteiger partial charge in [0.1, 0.15) is 0 Å². The summed E-state index contributed by atoms with van der Waals surface area (Å²) in [7, 11) is 0. The normalized spacial score (nSPS) is 24.6. The summed E-state index contributed by atoms with van der Waals surface area (Å²) in [6, 6.07) is 1.19. The summed E-state index contributed by atoms with van der Waals surface area (Å²) in [5.74, 6) is 0.855. The molecule has 2 aliphatic carbocycles. The molecule has 0 amide bonds. The minimum Gasteiger partial charge on any atom is -0.360 e. The van der Waals surface area contributed by atoms with Gasteiger partial charge in [-0.15, -0.1) is 0 Å². The molecule has 15 heavy (non-hydrogen) atoms. The monoisotopic (exact) mass is 226 g/mol. The highest BCUT2D eigenvalue weighted by Crippen LogP contribution is 2.29. The molecule has 1 unspecified atom stereocenters. The first-order valence-electron chi connectivity index (χ1n) is 6.33. The molecule has 0 aromatic rings. The zero-order valence-electron chi connectivity index (χ0n) is 9.59. The van der Waals surface area contributed by atoms with E-state index in [0.29, 0.717) is 12.1 Å². The summed E-state index contributed by atoms with van der Waals surface area (Å²) in [4.78, 5) is 0. The minimum absolute atomic E-state index is 0.556. The van der Waals surface area contributed by atoms with Crippen molar-refractivity contribution < 1.29 is 0 Å². The highest BCUT2D eigenvalue weighted by atomic mass is 32.1. The third-order valence-electron chi connectivity index (χ3n) is 3.91. The number of hydrogen-bond acceptors (Lipinski definition) is 1. The van der Waals surface area contributed by atoms with Gasteiger partial charge in [0.2, 0.25) is 0 Å². The quantitative estimate of drug-likeness (QED) is 0.723. The predicted molar refractivity (Wildman–Crippen MR) is 67.9 cm³/mol. The molecule has 0 spiro atoms. The Hall–Kier alpha value is -0.310. The molecule has 1 atom stereocenters. The molecule has 2 nitrogen and oxygen atoms in total. The van der Waals surface area contributed by atoms with Crippen molar-refractivity contribution in [2.45, 2.75) is 64.0 Å². The molecule has 0 heterocycles. The summed E-state index contributed by atoms with van der Waals surface area (Å²) < 4.78 is 0. The third kappa shape index (κ3) is 3.07. The van der Waals surface area contributed by atoms with Crippen LogP contribution in [-0.4, -0.2) is 17.2 Å². The first kappa shape index (κ1) is 11.2. The Morgan fingerprint density at radius 1 is 1.13 bits per heavy atom. The molecule has 0 saturated heterocycles. The maximum absolute atomic E-state index is 5.34. The van der Waals surface area contributed by atoms with E-state index in [2.05, 4.69) is 17.6 Å². The molecule has 2 saturated carbocycles. The van der Waals surface area contributed by atoms with Crippen molar-refractivity contribution in [3.8, 4) is 0 Å². The van der Waals surface area contributed by atoms with E-state index in [4.69, 9.17) is 12.2 Å². The van der Waals surface area contributed by atoms with Crippen molar-refractivity contribution in [3.05, 3.63) is 0 Å². The topological polar surface area (TPSA) is 24.1 Å². The van der Waals surface area contributed by atoms with Crippen LogP contribution in [0, 0.1) is 5.92 Å². The molecule has 0 bridgehead atoms. The predicted octanol–water partition coefficient (Wildman–Crippen LogP) is 2.58. The van der Waals surface area contributed by atoms with E-state index in [-0.39, 0.29) is 0 Å². The first-order chi connectivity index (χ1) is 7.25. The molecule has 86 valence electrons. The Bertz CT molecular complexity index is 220. The Morgan fingerprint density at radius 3 is 2.33 bits per heavy atom. The van der Waals surface area contributed by atoms with E-state index in [1.54, 1.807) is 0 Å². The van der Waals surface area contributed by atoms with Gasteiger partial charge in [0.15, 0.2) is 5.11 Å². The van der Waals surface area contributed by atoms with Crippen LogP contribution in [-0.2, 0) is 0 Å². The molecule has 0 aromatic carbocycles. The van der Waals surface area contributed by atoms with Crippen molar-refractivity contribution >= 4 is 17.3 Å². The van der Waals surface area contributed by atoms with Crippen LogP contribution in [0.15, 0.2) is 0 Å². The minimum atomic E-state index is 0.556. The lowest BCUT2D eigenvalue weighted by Gasteiger charge is -2.33. The van der Waals surface area contributed by atoms with Gasteiger partial charge in [-0.3, -0.25) is 0 Å². The second kappa shape index (κ2) is 5.15. The molecule has 2 aliphatic rings. The van der Waals surface area contributed by atoms with Gasteiger partial charge in [0, 0.05) is 12.1 Å². The van der Waals surface area contributed by atoms with Crippen LogP contribution in [0.25, 0.3) is 0 Å². The van der Waals surface area contributed by atoms with Gasteiger partial charge < -0.3 is 10.6 Å². The summed E-state index contributed by atoms with van der Waals surface area (Å²) in [5.41, 5.74) is 0. The van der Waals surface area contributed by atoms with Gasteiger partial charge in [-0.1, -0.05) is 19.3 Å². The van der Waals surface area contributed by atoms with Gasteiger partial charge in [-0.05, 0) is 50.7 Å². The van der Waals surface area contributed by atoms with Crippen LogP contribution < -0.4 is 10.6 Å². The molecular formula is C12H22N2S. The Morgan fingerprint density at radius 2 is 1.80 bits per heavy atom. The number of thiocarbonyl (C=S) groups is 1. The lowest BCUT2D eigenvalue weighted by atomic mass is 9.80. The largest absolute Gasteiger partial charge is 0.360 e. The van der Waals surface area contributed by atoms with Gasteiger partial charge in [-0.25, -0.2) is 0 Å². The fourth-order valence-corrected chi connectivity index (χ4v) is 2.91. The molecule has 2 fully saturated rings. The maximum Gasteiger partial charge on any atom is 0.166 e. The van der Waals surface area contributed by atoms with E-state index in [1.807, 2.05) is 0 Å². The summed E-state index contributed by atoms with van der Waals surface area (Å²) in [6.45, 7) is 2.26. The third-order valence-corrected chi connectivity index (χ3v) is 4.14. The zero-order chi connectivity index (χ0) is 10.7. The number of nitrogens with one attached hydrogen (secondary N) is 2. The van der Waals surface area contributed by atoms with Gasteiger partial charge in [0.25, 0.3) is 0 Å². The van der Waals surface area contributed by atoms with Crippen LogP contribution >= 0.6 is 12.2 Å². The van der Waals surface area contributed by atoms with Crippen LogP contribution in [0.1, 0.15) is 51.9 Å². The van der Waals surface area contributed by atoms with E-state index >= 15 is 0 Å². The summed E-state index contributed by atoms with van der Waals surface area (Å²) in [6.07, 6.45) is 9.45. The molecule has 2 rings (SSSR count). The van der Waals surface area contributed by atoms with Gasteiger partial charge in [0.05, 0.1) is 0 Å². The maximum atomic E-state index is 5.34. The van der Waals surface area contributed by atoms with E-state index in [9.17, 15) is 0 Å². The van der Waals surface area contributed by atoms with E-state index in [0.717, 1.165) is 11.0 Å². The Kier molecular flexibility index (Phi) is 3.84. The Balaban J connectivity index is 1.66. The van der Waals surface area contributed by atoms with Crippen molar-refractivity contribution in [2.75, 3.05) is 0 Å². The average Bonchev–Trinajstić information content (AvgIpc) is 2.52. The molecule has 0 aliphatic heterocycles. The van der Waals surface area contributed by atoms with Crippen molar-refractivity contribution in [3.63, 3.8) is 0 Å². The van der Waals surface area contributed by atoms with Crippen LogP contribution in [0.5, 0.6) is 0 Å². The molecule has 2 N–H and O–H groups in total.